The number of esters is 1. The zero-order valence-corrected chi connectivity index (χ0v) is 11.8. The van der Waals surface area contributed by atoms with Crippen LogP contribution in [0.2, 0.25) is 0 Å². The topological polar surface area (TPSA) is 55.8 Å². The van der Waals surface area contributed by atoms with E-state index in [1.165, 1.54) is 13.2 Å². The Morgan fingerprint density at radius 2 is 2.16 bits per heavy atom. The molecule has 0 saturated carbocycles. The van der Waals surface area contributed by atoms with E-state index < -0.39 is 0 Å². The lowest BCUT2D eigenvalue weighted by molar-refractivity contribution is -0.147. The highest BCUT2D eigenvalue weighted by atomic mass is 16.5. The lowest BCUT2D eigenvalue weighted by Gasteiger charge is -2.13. The van der Waals surface area contributed by atoms with Crippen LogP contribution >= 0.6 is 0 Å². The van der Waals surface area contributed by atoms with Gasteiger partial charge in [-0.2, -0.15) is 0 Å². The molecule has 1 N–H and O–H groups in total. The van der Waals surface area contributed by atoms with E-state index in [0.29, 0.717) is 5.75 Å². The molecule has 0 radical (unpaired) electrons. The molecule has 0 bridgehead atoms. The number of unbranched alkanes of at least 4 members (excludes halogenated alkanes) is 1. The highest BCUT2D eigenvalue weighted by Crippen LogP contribution is 2.26. The first kappa shape index (κ1) is 15.3. The van der Waals surface area contributed by atoms with E-state index in [-0.39, 0.29) is 24.2 Å². The Hall–Kier alpha value is -1.71. The Bertz CT molecular complexity index is 415. The van der Waals surface area contributed by atoms with Gasteiger partial charge in [-0.3, -0.25) is 4.79 Å². The van der Waals surface area contributed by atoms with E-state index in [1.807, 2.05) is 6.92 Å². The van der Waals surface area contributed by atoms with Gasteiger partial charge in [0.05, 0.1) is 19.6 Å². The van der Waals surface area contributed by atoms with Crippen LogP contribution in [0, 0.1) is 0 Å². The van der Waals surface area contributed by atoms with Crippen molar-refractivity contribution >= 4 is 5.97 Å². The SMILES string of the molecule is CCCCC(C)OC(=O)Cc1ccc(O)c(OC)c1. The number of carbonyl (C=O) groups excluding carboxylic acids is 1. The maximum Gasteiger partial charge on any atom is 0.310 e. The summed E-state index contributed by atoms with van der Waals surface area (Å²) < 4.78 is 10.3. The molecule has 1 aromatic rings. The van der Waals surface area contributed by atoms with Crippen LogP contribution in [0.25, 0.3) is 0 Å². The Balaban J connectivity index is 2.52. The van der Waals surface area contributed by atoms with Gasteiger partial charge in [-0.1, -0.05) is 25.8 Å². The molecule has 0 aromatic heterocycles. The summed E-state index contributed by atoms with van der Waals surface area (Å²) in [7, 11) is 1.48. The molecule has 0 saturated heterocycles. The monoisotopic (exact) mass is 266 g/mol. The van der Waals surface area contributed by atoms with E-state index in [4.69, 9.17) is 9.47 Å². The van der Waals surface area contributed by atoms with Crippen LogP contribution in [0.5, 0.6) is 11.5 Å². The number of carbonyl (C=O) groups is 1. The Morgan fingerprint density at radius 1 is 1.42 bits per heavy atom. The van der Waals surface area contributed by atoms with Crippen molar-refractivity contribution in [3.05, 3.63) is 23.8 Å². The molecule has 0 aliphatic heterocycles. The van der Waals surface area contributed by atoms with Crippen LogP contribution in [0.3, 0.4) is 0 Å². The highest BCUT2D eigenvalue weighted by Gasteiger charge is 2.11. The average Bonchev–Trinajstić information content (AvgIpc) is 2.38. The molecule has 19 heavy (non-hydrogen) atoms. The summed E-state index contributed by atoms with van der Waals surface area (Å²) in [5, 5.41) is 9.47. The van der Waals surface area contributed by atoms with Gasteiger partial charge >= 0.3 is 5.97 Å². The van der Waals surface area contributed by atoms with Crippen molar-refractivity contribution in [1.82, 2.24) is 0 Å². The van der Waals surface area contributed by atoms with E-state index in [0.717, 1.165) is 24.8 Å². The second kappa shape index (κ2) is 7.67. The van der Waals surface area contributed by atoms with Crippen LogP contribution in [0.4, 0.5) is 0 Å². The lowest BCUT2D eigenvalue weighted by Crippen LogP contribution is -2.16. The van der Waals surface area contributed by atoms with Crippen LogP contribution in [-0.4, -0.2) is 24.3 Å². The van der Waals surface area contributed by atoms with Crippen molar-refractivity contribution in [3.8, 4) is 11.5 Å². The van der Waals surface area contributed by atoms with Crippen molar-refractivity contribution in [2.75, 3.05) is 7.11 Å². The van der Waals surface area contributed by atoms with Gasteiger partial charge in [0, 0.05) is 0 Å². The molecule has 4 heteroatoms. The molecule has 1 atom stereocenters. The van der Waals surface area contributed by atoms with Gasteiger partial charge in [0.25, 0.3) is 0 Å². The van der Waals surface area contributed by atoms with Crippen LogP contribution < -0.4 is 4.74 Å². The predicted molar refractivity (Wildman–Crippen MR) is 73.4 cm³/mol. The van der Waals surface area contributed by atoms with Gasteiger partial charge in [-0.25, -0.2) is 0 Å². The van der Waals surface area contributed by atoms with Gasteiger partial charge < -0.3 is 14.6 Å². The Labute approximate surface area is 114 Å². The molecule has 0 spiro atoms. The molecule has 0 aliphatic carbocycles. The van der Waals surface area contributed by atoms with E-state index in [1.54, 1.807) is 12.1 Å². The van der Waals surface area contributed by atoms with Crippen molar-refractivity contribution in [3.63, 3.8) is 0 Å². The minimum Gasteiger partial charge on any atom is -0.504 e. The number of benzene rings is 1. The minimum atomic E-state index is -0.253. The average molecular weight is 266 g/mol. The quantitative estimate of drug-likeness (QED) is 0.771. The Morgan fingerprint density at radius 3 is 2.79 bits per heavy atom. The van der Waals surface area contributed by atoms with Gasteiger partial charge in [-0.15, -0.1) is 0 Å². The summed E-state index contributed by atoms with van der Waals surface area (Å²) in [6, 6.07) is 4.85. The highest BCUT2D eigenvalue weighted by molar-refractivity contribution is 5.73. The maximum atomic E-state index is 11.7. The van der Waals surface area contributed by atoms with Crippen molar-refractivity contribution in [2.24, 2.45) is 0 Å². The van der Waals surface area contributed by atoms with E-state index in [2.05, 4.69) is 6.92 Å². The van der Waals surface area contributed by atoms with Crippen LogP contribution in [0.15, 0.2) is 18.2 Å². The summed E-state index contributed by atoms with van der Waals surface area (Å²) in [5.41, 5.74) is 0.766. The third-order valence-electron chi connectivity index (χ3n) is 2.89. The summed E-state index contributed by atoms with van der Waals surface area (Å²) >= 11 is 0. The third-order valence-corrected chi connectivity index (χ3v) is 2.89. The normalized spacial score (nSPS) is 11.9. The van der Waals surface area contributed by atoms with Gasteiger partial charge in [-0.05, 0) is 31.0 Å². The molecular weight excluding hydrogens is 244 g/mol. The lowest BCUT2D eigenvalue weighted by atomic mass is 10.1. The molecule has 0 fully saturated rings. The first-order chi connectivity index (χ1) is 9.06. The molecule has 0 heterocycles. The second-order valence-electron chi connectivity index (χ2n) is 4.63. The van der Waals surface area contributed by atoms with E-state index in [9.17, 15) is 9.90 Å². The number of phenols is 1. The smallest absolute Gasteiger partial charge is 0.310 e. The summed E-state index contributed by atoms with van der Waals surface area (Å²) in [5.74, 6) is 0.177. The third kappa shape index (κ3) is 5.20. The summed E-state index contributed by atoms with van der Waals surface area (Å²) in [6.07, 6.45) is 3.18. The largest absolute Gasteiger partial charge is 0.504 e. The number of hydrogen-bond donors (Lipinski definition) is 1. The molecule has 0 aliphatic rings. The number of ether oxygens (including phenoxy) is 2. The van der Waals surface area contributed by atoms with Crippen LogP contribution in [-0.2, 0) is 16.0 Å². The molecule has 106 valence electrons. The Kier molecular flexibility index (Phi) is 6.19. The standard InChI is InChI=1S/C15H22O4/c1-4-5-6-11(2)19-15(17)10-12-7-8-13(16)14(9-12)18-3/h7-9,11,16H,4-6,10H2,1-3H3. The van der Waals surface area contributed by atoms with Crippen molar-refractivity contribution < 1.29 is 19.4 Å². The maximum absolute atomic E-state index is 11.7. The molecule has 1 rings (SSSR count). The second-order valence-corrected chi connectivity index (χ2v) is 4.63. The fourth-order valence-electron chi connectivity index (χ4n) is 1.82. The number of phenolic OH excluding ortho intramolecular Hbond substituents is 1. The predicted octanol–water partition coefficient (Wildman–Crippen LogP) is 3.07. The fourth-order valence-corrected chi connectivity index (χ4v) is 1.82. The van der Waals surface area contributed by atoms with Gasteiger partial charge in [0.2, 0.25) is 0 Å². The molecule has 1 unspecified atom stereocenters. The van der Waals surface area contributed by atoms with Crippen LogP contribution in [0.1, 0.15) is 38.7 Å². The number of rotatable bonds is 7. The summed E-state index contributed by atoms with van der Waals surface area (Å²) in [6.45, 7) is 4.02. The van der Waals surface area contributed by atoms with Crippen molar-refractivity contribution in [1.29, 1.82) is 0 Å². The zero-order chi connectivity index (χ0) is 14.3. The summed E-state index contributed by atoms with van der Waals surface area (Å²) in [4.78, 5) is 11.7. The van der Waals surface area contributed by atoms with Crippen molar-refractivity contribution in [2.45, 2.75) is 45.6 Å². The zero-order valence-electron chi connectivity index (χ0n) is 11.8. The molecular formula is C15H22O4. The molecule has 0 amide bonds. The number of methoxy groups -OCH3 is 1. The van der Waals surface area contributed by atoms with E-state index >= 15 is 0 Å². The first-order valence-corrected chi connectivity index (χ1v) is 6.62. The number of hydrogen-bond acceptors (Lipinski definition) is 4. The number of aromatic hydroxyl groups is 1. The van der Waals surface area contributed by atoms with Gasteiger partial charge in [0.1, 0.15) is 0 Å². The van der Waals surface area contributed by atoms with Gasteiger partial charge in [0.15, 0.2) is 11.5 Å². The fraction of sp³-hybridized carbons (Fsp3) is 0.533. The minimum absolute atomic E-state index is 0.0496. The molecule has 4 nitrogen and oxygen atoms in total. The molecule has 1 aromatic carbocycles. The first-order valence-electron chi connectivity index (χ1n) is 6.62.